The molecule has 0 unspecified atom stereocenters. The molecule has 4 aromatic carbocycles. The fourth-order valence-electron chi connectivity index (χ4n) is 4.09. The molecule has 0 spiro atoms. The third kappa shape index (κ3) is 7.68. The minimum atomic E-state index is -0.236. The van der Waals surface area contributed by atoms with E-state index in [2.05, 4.69) is 10.3 Å². The number of aliphatic imine (C=N–C) groups is 1. The predicted molar refractivity (Wildman–Crippen MR) is 171 cm³/mol. The molecule has 5 rings (SSSR count). The van der Waals surface area contributed by atoms with Gasteiger partial charge in [-0.25, -0.2) is 4.99 Å². The van der Waals surface area contributed by atoms with Gasteiger partial charge in [-0.05, 0) is 84.8 Å². The molecule has 1 amide bonds. The summed E-state index contributed by atoms with van der Waals surface area (Å²) in [5.41, 5.74) is 4.51. The Morgan fingerprint density at radius 3 is 2.26 bits per heavy atom. The van der Waals surface area contributed by atoms with E-state index in [-0.39, 0.29) is 12.5 Å². The first-order chi connectivity index (χ1) is 20.4. The molecule has 214 valence electrons. The van der Waals surface area contributed by atoms with Crippen molar-refractivity contribution in [2.75, 3.05) is 6.61 Å². The molecule has 0 atom stereocenters. The maximum Gasteiger partial charge on any atom is 0.264 e. The van der Waals surface area contributed by atoms with E-state index in [1.807, 2.05) is 86.6 Å². The van der Waals surface area contributed by atoms with E-state index >= 15 is 0 Å². The van der Waals surface area contributed by atoms with Crippen LogP contribution in [0.1, 0.15) is 29.2 Å². The number of carbonyl (C=O) groups is 1. The summed E-state index contributed by atoms with van der Waals surface area (Å²) in [6.45, 7) is 5.08. The highest BCUT2D eigenvalue weighted by Crippen LogP contribution is 2.37. The van der Waals surface area contributed by atoms with E-state index in [9.17, 15) is 4.79 Å². The minimum absolute atomic E-state index is 0.218. The normalized spacial score (nSPS) is 14.7. The molecule has 0 aliphatic carbocycles. The SMILES string of the molecule is CCOc1cc(COc2c(Cl)cc(/C=C3/SC(=Nc4ccc(C)cc4)NC3=O)cc2Cl)ccc1OCc1ccccc1. The highest BCUT2D eigenvalue weighted by molar-refractivity contribution is 8.18. The summed E-state index contributed by atoms with van der Waals surface area (Å²) in [5.74, 6) is 1.40. The number of amides is 1. The van der Waals surface area contributed by atoms with Crippen LogP contribution in [-0.4, -0.2) is 17.7 Å². The van der Waals surface area contributed by atoms with Crippen molar-refractivity contribution in [3.63, 3.8) is 0 Å². The number of amidine groups is 1. The lowest BCUT2D eigenvalue weighted by Crippen LogP contribution is -2.19. The number of rotatable bonds is 10. The first-order valence-corrected chi connectivity index (χ1v) is 14.9. The van der Waals surface area contributed by atoms with Crippen molar-refractivity contribution in [1.29, 1.82) is 0 Å². The number of hydrogen-bond donors (Lipinski definition) is 1. The van der Waals surface area contributed by atoms with Crippen LogP contribution in [0.25, 0.3) is 6.08 Å². The van der Waals surface area contributed by atoms with E-state index in [0.29, 0.717) is 56.1 Å². The molecule has 1 aliphatic heterocycles. The average Bonchev–Trinajstić information content (AvgIpc) is 3.32. The number of benzene rings is 4. The first-order valence-electron chi connectivity index (χ1n) is 13.3. The lowest BCUT2D eigenvalue weighted by atomic mass is 10.2. The number of ether oxygens (including phenoxy) is 3. The lowest BCUT2D eigenvalue weighted by Gasteiger charge is -2.15. The minimum Gasteiger partial charge on any atom is -0.490 e. The molecule has 4 aromatic rings. The number of nitrogens with one attached hydrogen (secondary N) is 1. The zero-order chi connectivity index (χ0) is 29.5. The Balaban J connectivity index is 1.25. The molecule has 0 radical (unpaired) electrons. The van der Waals surface area contributed by atoms with E-state index in [0.717, 1.165) is 22.4 Å². The topological polar surface area (TPSA) is 69.2 Å². The fourth-order valence-corrected chi connectivity index (χ4v) is 5.54. The number of halogens is 2. The summed E-state index contributed by atoms with van der Waals surface area (Å²) in [6.07, 6.45) is 1.72. The standard InChI is InChI=1S/C33H28Cl2N2O4S/c1-3-39-29-17-23(11-14-28(29)40-19-22-7-5-4-6-8-22)20-41-31-26(34)15-24(16-27(31)35)18-30-32(38)37-33(42-30)36-25-12-9-21(2)10-13-25/h4-18H,3,19-20H2,1-2H3,(H,36,37,38)/b30-18+. The summed E-state index contributed by atoms with van der Waals surface area (Å²) in [7, 11) is 0. The van der Waals surface area contributed by atoms with Gasteiger partial charge in [-0.2, -0.15) is 0 Å². The quantitative estimate of drug-likeness (QED) is 0.180. The van der Waals surface area contributed by atoms with E-state index in [1.54, 1.807) is 18.2 Å². The van der Waals surface area contributed by atoms with Gasteiger partial charge in [0.15, 0.2) is 22.4 Å². The second-order valence-electron chi connectivity index (χ2n) is 9.41. The maximum absolute atomic E-state index is 12.5. The van der Waals surface area contributed by atoms with Crippen LogP contribution >= 0.6 is 35.0 Å². The van der Waals surface area contributed by atoms with Gasteiger partial charge in [0.2, 0.25) is 0 Å². The lowest BCUT2D eigenvalue weighted by molar-refractivity contribution is -0.115. The first kappa shape index (κ1) is 29.6. The summed E-state index contributed by atoms with van der Waals surface area (Å²) in [5, 5.41) is 3.97. The van der Waals surface area contributed by atoms with Gasteiger partial charge in [0.25, 0.3) is 5.91 Å². The van der Waals surface area contributed by atoms with Crippen LogP contribution < -0.4 is 19.5 Å². The zero-order valence-corrected chi connectivity index (χ0v) is 25.4. The molecule has 0 bridgehead atoms. The summed E-state index contributed by atoms with van der Waals surface area (Å²) in [4.78, 5) is 17.5. The van der Waals surface area contributed by atoms with Crippen molar-refractivity contribution < 1.29 is 19.0 Å². The van der Waals surface area contributed by atoms with Crippen molar-refractivity contribution in [2.24, 2.45) is 4.99 Å². The van der Waals surface area contributed by atoms with Crippen molar-refractivity contribution in [3.05, 3.63) is 122 Å². The van der Waals surface area contributed by atoms with E-state index < -0.39 is 0 Å². The zero-order valence-electron chi connectivity index (χ0n) is 23.0. The Hall–Kier alpha value is -3.91. The van der Waals surface area contributed by atoms with E-state index in [4.69, 9.17) is 37.4 Å². The summed E-state index contributed by atoms with van der Waals surface area (Å²) >= 11 is 14.4. The Labute approximate surface area is 259 Å². The molecule has 1 saturated heterocycles. The van der Waals surface area contributed by atoms with Gasteiger partial charge in [0.05, 0.1) is 27.2 Å². The van der Waals surface area contributed by atoms with Crippen molar-refractivity contribution in [3.8, 4) is 17.2 Å². The number of aryl methyl sites for hydroxylation is 1. The average molecular weight is 620 g/mol. The van der Waals surface area contributed by atoms with Gasteiger partial charge in [0, 0.05) is 0 Å². The van der Waals surface area contributed by atoms with Crippen LogP contribution in [0.3, 0.4) is 0 Å². The van der Waals surface area contributed by atoms with Crippen molar-refractivity contribution in [2.45, 2.75) is 27.1 Å². The summed E-state index contributed by atoms with van der Waals surface area (Å²) < 4.78 is 17.8. The Kier molecular flexibility index (Phi) is 9.74. The predicted octanol–water partition coefficient (Wildman–Crippen LogP) is 8.75. The van der Waals surface area contributed by atoms with Gasteiger partial charge in [-0.3, -0.25) is 4.79 Å². The number of thioether (sulfide) groups is 1. The Morgan fingerprint density at radius 1 is 0.833 bits per heavy atom. The molecule has 9 heteroatoms. The van der Waals surface area contributed by atoms with Crippen LogP contribution in [0.5, 0.6) is 17.2 Å². The van der Waals surface area contributed by atoms with Gasteiger partial charge >= 0.3 is 0 Å². The molecule has 1 aliphatic rings. The molecule has 6 nitrogen and oxygen atoms in total. The molecule has 0 saturated carbocycles. The highest BCUT2D eigenvalue weighted by Gasteiger charge is 2.24. The molecule has 0 aromatic heterocycles. The van der Waals surface area contributed by atoms with Crippen LogP contribution in [-0.2, 0) is 18.0 Å². The van der Waals surface area contributed by atoms with Crippen LogP contribution in [0, 0.1) is 6.92 Å². The molecule has 42 heavy (non-hydrogen) atoms. The van der Waals surface area contributed by atoms with Gasteiger partial charge in [-0.15, -0.1) is 0 Å². The van der Waals surface area contributed by atoms with Crippen molar-refractivity contribution >= 4 is 57.8 Å². The largest absolute Gasteiger partial charge is 0.490 e. The molecular formula is C33H28Cl2N2O4S. The van der Waals surface area contributed by atoms with Gasteiger partial charge in [0.1, 0.15) is 13.2 Å². The van der Waals surface area contributed by atoms with Crippen LogP contribution in [0.2, 0.25) is 10.0 Å². The summed E-state index contributed by atoms with van der Waals surface area (Å²) in [6, 6.07) is 26.8. The van der Waals surface area contributed by atoms with Crippen molar-refractivity contribution in [1.82, 2.24) is 5.32 Å². The second-order valence-corrected chi connectivity index (χ2v) is 11.3. The monoisotopic (exact) mass is 618 g/mol. The third-order valence-corrected chi connectivity index (χ3v) is 7.63. The maximum atomic E-state index is 12.5. The highest BCUT2D eigenvalue weighted by atomic mass is 35.5. The van der Waals surface area contributed by atoms with Crippen LogP contribution in [0.4, 0.5) is 5.69 Å². The van der Waals surface area contributed by atoms with Gasteiger partial charge in [-0.1, -0.05) is 77.3 Å². The second kappa shape index (κ2) is 13.8. The fraction of sp³-hybridized carbons (Fsp3) is 0.152. The molecule has 1 N–H and O–H groups in total. The third-order valence-electron chi connectivity index (χ3n) is 6.16. The molecule has 1 heterocycles. The van der Waals surface area contributed by atoms with Crippen LogP contribution in [0.15, 0.2) is 94.8 Å². The van der Waals surface area contributed by atoms with Gasteiger partial charge < -0.3 is 19.5 Å². The number of hydrogen-bond acceptors (Lipinski definition) is 6. The Bertz CT molecular complexity index is 1620. The Morgan fingerprint density at radius 2 is 1.55 bits per heavy atom. The van der Waals surface area contributed by atoms with E-state index in [1.165, 1.54) is 11.8 Å². The number of carbonyl (C=O) groups excluding carboxylic acids is 1. The number of nitrogens with zero attached hydrogens (tertiary/aromatic N) is 1. The molecule has 1 fully saturated rings. The molecular weight excluding hydrogens is 591 g/mol. The smallest absolute Gasteiger partial charge is 0.264 e.